The van der Waals surface area contributed by atoms with Gasteiger partial charge in [-0.25, -0.2) is 4.79 Å². The van der Waals surface area contributed by atoms with E-state index in [1.807, 2.05) is 6.92 Å². The summed E-state index contributed by atoms with van der Waals surface area (Å²) in [6.45, 7) is 2.22. The second-order valence-electron chi connectivity index (χ2n) is 4.42. The normalized spacial score (nSPS) is 20.6. The molecule has 0 N–H and O–H groups in total. The molecule has 0 saturated carbocycles. The van der Waals surface area contributed by atoms with Crippen LogP contribution >= 0.6 is 0 Å². The molecule has 0 spiro atoms. The quantitative estimate of drug-likeness (QED) is 0.601. The molecule has 6 heteroatoms. The third-order valence-electron chi connectivity index (χ3n) is 3.40. The van der Waals surface area contributed by atoms with E-state index in [0.717, 1.165) is 0 Å². The minimum atomic E-state index is -0.541. The summed E-state index contributed by atoms with van der Waals surface area (Å²) in [5, 5.41) is 0. The van der Waals surface area contributed by atoms with Crippen LogP contribution in [0.1, 0.15) is 28.8 Å². The van der Waals surface area contributed by atoms with E-state index in [0.29, 0.717) is 29.1 Å². The molecule has 0 bridgehead atoms. The van der Waals surface area contributed by atoms with Crippen LogP contribution < -0.4 is 9.47 Å². The SMILES string of the molecule is COc1ccc2c(c1OC)C(C)[C@@H](COC=O)OC2=O. The van der Waals surface area contributed by atoms with Gasteiger partial charge in [0.05, 0.1) is 19.8 Å². The Morgan fingerprint density at radius 1 is 1.30 bits per heavy atom. The van der Waals surface area contributed by atoms with Gasteiger partial charge in [-0.05, 0) is 12.1 Å². The fraction of sp³-hybridized carbons (Fsp3) is 0.429. The first-order valence-corrected chi connectivity index (χ1v) is 6.15. The maximum absolute atomic E-state index is 12.0. The Kier molecular flexibility index (Phi) is 4.12. The molecule has 1 aromatic carbocycles. The minimum absolute atomic E-state index is 0.0101. The van der Waals surface area contributed by atoms with Crippen molar-refractivity contribution >= 4 is 12.4 Å². The van der Waals surface area contributed by atoms with Gasteiger partial charge in [0.2, 0.25) is 0 Å². The molecule has 1 heterocycles. The number of esters is 1. The third-order valence-corrected chi connectivity index (χ3v) is 3.40. The second-order valence-corrected chi connectivity index (χ2v) is 4.42. The van der Waals surface area contributed by atoms with Crippen LogP contribution in [0.15, 0.2) is 12.1 Å². The fourth-order valence-electron chi connectivity index (χ4n) is 2.38. The van der Waals surface area contributed by atoms with Gasteiger partial charge in [0.25, 0.3) is 6.47 Å². The van der Waals surface area contributed by atoms with E-state index in [9.17, 15) is 9.59 Å². The fourth-order valence-corrected chi connectivity index (χ4v) is 2.38. The molecule has 1 aromatic rings. The van der Waals surface area contributed by atoms with Gasteiger partial charge in [0, 0.05) is 11.5 Å². The maximum Gasteiger partial charge on any atom is 0.338 e. The van der Waals surface area contributed by atoms with Gasteiger partial charge in [-0.1, -0.05) is 6.92 Å². The number of carbonyl (C=O) groups is 2. The lowest BCUT2D eigenvalue weighted by atomic mass is 9.87. The molecule has 0 amide bonds. The third kappa shape index (κ3) is 2.29. The number of fused-ring (bicyclic) bond motifs is 1. The van der Waals surface area contributed by atoms with Gasteiger partial charge >= 0.3 is 5.97 Å². The van der Waals surface area contributed by atoms with E-state index in [1.54, 1.807) is 12.1 Å². The van der Waals surface area contributed by atoms with E-state index in [4.69, 9.17) is 18.9 Å². The molecular weight excluding hydrogens is 264 g/mol. The molecule has 20 heavy (non-hydrogen) atoms. The Hall–Kier alpha value is -2.24. The number of methoxy groups -OCH3 is 2. The summed E-state index contributed by atoms with van der Waals surface area (Å²) < 4.78 is 20.6. The van der Waals surface area contributed by atoms with Crippen molar-refractivity contribution in [1.82, 2.24) is 0 Å². The van der Waals surface area contributed by atoms with Crippen molar-refractivity contribution in [3.8, 4) is 11.5 Å². The van der Waals surface area contributed by atoms with Gasteiger partial charge in [-0.15, -0.1) is 0 Å². The summed E-state index contributed by atoms with van der Waals surface area (Å²) in [4.78, 5) is 22.3. The molecule has 0 radical (unpaired) electrons. The number of benzene rings is 1. The van der Waals surface area contributed by atoms with Crippen molar-refractivity contribution < 1.29 is 28.5 Å². The van der Waals surface area contributed by atoms with Gasteiger partial charge in [-0.3, -0.25) is 4.79 Å². The summed E-state index contributed by atoms with van der Waals surface area (Å²) >= 11 is 0. The minimum Gasteiger partial charge on any atom is -0.493 e. The Bertz CT molecular complexity index is 525. The maximum atomic E-state index is 12.0. The van der Waals surface area contributed by atoms with Crippen molar-refractivity contribution in [1.29, 1.82) is 0 Å². The Morgan fingerprint density at radius 2 is 2.05 bits per heavy atom. The predicted octanol–water partition coefficient (Wildman–Crippen LogP) is 1.52. The Morgan fingerprint density at radius 3 is 2.65 bits per heavy atom. The number of cyclic esters (lactones) is 1. The summed E-state index contributed by atoms with van der Waals surface area (Å²) in [6.07, 6.45) is -0.541. The van der Waals surface area contributed by atoms with Gasteiger partial charge in [0.1, 0.15) is 12.7 Å². The standard InChI is InChI=1S/C14H16O6/c1-8-11(6-19-7-15)20-14(16)9-4-5-10(17-2)13(18-3)12(8)9/h4-5,7-8,11H,6H2,1-3H3/t8?,11-/m1/s1. The lowest BCUT2D eigenvalue weighted by molar-refractivity contribution is -0.132. The molecule has 6 nitrogen and oxygen atoms in total. The van der Waals surface area contributed by atoms with Crippen LogP contribution in [-0.4, -0.2) is 39.4 Å². The molecule has 0 aromatic heterocycles. The first-order valence-electron chi connectivity index (χ1n) is 6.15. The van der Waals surface area contributed by atoms with E-state index < -0.39 is 12.1 Å². The first-order chi connectivity index (χ1) is 9.63. The monoisotopic (exact) mass is 280 g/mol. The predicted molar refractivity (Wildman–Crippen MR) is 69.2 cm³/mol. The zero-order valence-corrected chi connectivity index (χ0v) is 11.5. The van der Waals surface area contributed by atoms with Gasteiger partial charge < -0.3 is 18.9 Å². The molecule has 0 aliphatic carbocycles. The second kappa shape index (κ2) is 5.81. The van der Waals surface area contributed by atoms with Crippen molar-refractivity contribution in [2.45, 2.75) is 18.9 Å². The number of rotatable bonds is 5. The van der Waals surface area contributed by atoms with Crippen LogP contribution in [0.5, 0.6) is 11.5 Å². The van der Waals surface area contributed by atoms with Crippen molar-refractivity contribution in [2.75, 3.05) is 20.8 Å². The molecule has 1 aliphatic rings. The van der Waals surface area contributed by atoms with Crippen LogP contribution in [0.4, 0.5) is 0 Å². The Labute approximate surface area is 116 Å². The zero-order valence-electron chi connectivity index (χ0n) is 11.5. The van der Waals surface area contributed by atoms with E-state index in [-0.39, 0.29) is 12.5 Å². The number of hydrogen-bond donors (Lipinski definition) is 0. The molecule has 2 atom stereocenters. The van der Waals surface area contributed by atoms with Crippen molar-refractivity contribution in [2.24, 2.45) is 0 Å². The highest BCUT2D eigenvalue weighted by Gasteiger charge is 2.36. The lowest BCUT2D eigenvalue weighted by Gasteiger charge is -2.31. The summed E-state index contributed by atoms with van der Waals surface area (Å²) in [6, 6.07) is 3.31. The average molecular weight is 280 g/mol. The number of carbonyl (C=O) groups excluding carboxylic acids is 2. The molecule has 0 fully saturated rings. The summed E-state index contributed by atoms with van der Waals surface area (Å²) in [7, 11) is 3.05. The highest BCUT2D eigenvalue weighted by molar-refractivity contribution is 5.94. The van der Waals surface area contributed by atoms with Crippen LogP contribution in [0.25, 0.3) is 0 Å². The van der Waals surface area contributed by atoms with Crippen molar-refractivity contribution in [3.63, 3.8) is 0 Å². The van der Waals surface area contributed by atoms with E-state index in [2.05, 4.69) is 0 Å². The Balaban J connectivity index is 2.48. The van der Waals surface area contributed by atoms with Crippen LogP contribution in [0.3, 0.4) is 0 Å². The summed E-state index contributed by atoms with van der Waals surface area (Å²) in [5.74, 6) is 0.416. The number of hydrogen-bond acceptors (Lipinski definition) is 6. The van der Waals surface area contributed by atoms with Crippen molar-refractivity contribution in [3.05, 3.63) is 23.3 Å². The first kappa shape index (κ1) is 14.2. The molecular formula is C14H16O6. The van der Waals surface area contributed by atoms with E-state index >= 15 is 0 Å². The smallest absolute Gasteiger partial charge is 0.338 e. The van der Waals surface area contributed by atoms with Gasteiger partial charge in [0.15, 0.2) is 11.5 Å². The molecule has 108 valence electrons. The highest BCUT2D eigenvalue weighted by atomic mass is 16.6. The largest absolute Gasteiger partial charge is 0.493 e. The zero-order chi connectivity index (χ0) is 14.7. The van der Waals surface area contributed by atoms with Crippen LogP contribution in [0, 0.1) is 0 Å². The summed E-state index contributed by atoms with van der Waals surface area (Å²) in [5.41, 5.74) is 1.15. The number of ether oxygens (including phenoxy) is 4. The lowest BCUT2D eigenvalue weighted by Crippen LogP contribution is -2.34. The van der Waals surface area contributed by atoms with Crippen LogP contribution in [-0.2, 0) is 14.3 Å². The molecule has 2 rings (SSSR count). The average Bonchev–Trinajstić information content (AvgIpc) is 2.47. The highest BCUT2D eigenvalue weighted by Crippen LogP contribution is 2.42. The van der Waals surface area contributed by atoms with Crippen LogP contribution in [0.2, 0.25) is 0 Å². The van der Waals surface area contributed by atoms with E-state index in [1.165, 1.54) is 14.2 Å². The molecule has 0 saturated heterocycles. The van der Waals surface area contributed by atoms with Gasteiger partial charge in [-0.2, -0.15) is 0 Å². The molecule has 1 unspecified atom stereocenters. The molecule has 1 aliphatic heterocycles. The topological polar surface area (TPSA) is 71.1 Å².